The Morgan fingerprint density at radius 3 is 1.21 bits per heavy atom. The van der Waals surface area contributed by atoms with Crippen LogP contribution in [0.3, 0.4) is 0 Å². The minimum Gasteiger partial charge on any atom is -0.458 e. The van der Waals surface area contributed by atoms with Crippen molar-refractivity contribution in [3.05, 3.63) is 187 Å². The Morgan fingerprint density at radius 2 is 0.750 bits per heavy atom. The molecule has 0 amide bonds. The van der Waals surface area contributed by atoms with Gasteiger partial charge in [0.15, 0.2) is 0 Å². The highest BCUT2D eigenvalue weighted by Gasteiger charge is 2.50. The number of aryl methyl sites for hydroxylation is 3. The topological polar surface area (TPSA) is 43.4 Å². The van der Waals surface area contributed by atoms with Gasteiger partial charge in [-0.3, -0.25) is 0 Å². The van der Waals surface area contributed by atoms with Crippen LogP contribution in [-0.4, -0.2) is 20.1 Å². The summed E-state index contributed by atoms with van der Waals surface area (Å²) in [6, 6.07) is 62.2. The zero-order valence-electron chi connectivity index (χ0n) is 39.2. The van der Waals surface area contributed by atoms with Crippen LogP contribution in [0.2, 0.25) is 0 Å². The number of thiophene rings is 2. The second-order valence-corrected chi connectivity index (χ2v) is 22.3. The van der Waals surface area contributed by atoms with Crippen molar-refractivity contribution in [1.82, 2.24) is 0 Å². The van der Waals surface area contributed by atoms with Gasteiger partial charge in [0.2, 0.25) is 0 Å². The van der Waals surface area contributed by atoms with Gasteiger partial charge < -0.3 is 28.7 Å². The van der Waals surface area contributed by atoms with Crippen molar-refractivity contribution >= 4 is 145 Å². The van der Waals surface area contributed by atoms with E-state index >= 15 is 0 Å². The highest BCUT2D eigenvalue weighted by atomic mass is 32.1. The molecule has 11 heteroatoms. The van der Waals surface area contributed by atoms with Crippen LogP contribution in [0.25, 0.3) is 20.2 Å². The van der Waals surface area contributed by atoms with Crippen molar-refractivity contribution in [2.75, 3.05) is 9.80 Å². The van der Waals surface area contributed by atoms with E-state index in [-0.39, 0.29) is 20.1 Å². The number of anilines is 6. The number of rotatable bonds is 2. The van der Waals surface area contributed by atoms with Crippen molar-refractivity contribution in [1.29, 1.82) is 0 Å². The number of hydrogen-bond donors (Lipinski definition) is 0. The molecule has 0 fully saturated rings. The predicted molar refractivity (Wildman–Crippen MR) is 301 cm³/mol. The van der Waals surface area contributed by atoms with Gasteiger partial charge in [0.25, 0.3) is 20.1 Å². The molecule has 336 valence electrons. The molecule has 0 spiro atoms. The summed E-state index contributed by atoms with van der Waals surface area (Å²) in [4.78, 5) is 4.96. The quantitative estimate of drug-likeness (QED) is 0.161. The second kappa shape index (κ2) is 14.1. The molecule has 2 aromatic heterocycles. The molecule has 0 radical (unpaired) electrons. The van der Waals surface area contributed by atoms with Gasteiger partial charge in [0.1, 0.15) is 46.0 Å². The van der Waals surface area contributed by atoms with E-state index in [0.29, 0.717) is 0 Å². The molecule has 17 rings (SSSR count). The summed E-state index contributed by atoms with van der Waals surface area (Å²) in [6.45, 7) is 6.12. The summed E-state index contributed by atoms with van der Waals surface area (Å²) in [5.41, 5.74) is 18.2. The van der Waals surface area contributed by atoms with Crippen molar-refractivity contribution in [3.8, 4) is 46.0 Å². The molecule has 0 unspecified atom stereocenters. The van der Waals surface area contributed by atoms with Gasteiger partial charge in [-0.25, -0.2) is 0 Å². The Bertz CT molecular complexity index is 4000. The molecule has 6 aliphatic heterocycles. The predicted octanol–water partition coefficient (Wildman–Crippen LogP) is 10.6. The van der Waals surface area contributed by atoms with Crippen LogP contribution in [0.1, 0.15) is 16.7 Å². The lowest BCUT2D eigenvalue weighted by molar-refractivity contribution is 0.467. The summed E-state index contributed by atoms with van der Waals surface area (Å²) < 4.78 is 33.1. The smallest absolute Gasteiger partial charge is 0.273 e. The average Bonchev–Trinajstić information content (AvgIpc) is 3.96. The summed E-state index contributed by atoms with van der Waals surface area (Å²) in [6.07, 6.45) is 0. The SMILES string of the molecule is Cc1cc2c3c(c1)Oc1c(sc4ccccc14)B3c1cc3c(cc1O2)N(c1ccccc1)c1cc(C)cc2c1B3c1cc3c(cc1N2c1ccccc1)Oc1cc(C)cc2c1B3c1sc3ccccc3c1O2. The normalized spacial score (nSPS) is 14.3. The van der Waals surface area contributed by atoms with E-state index in [4.69, 9.17) is 18.9 Å². The maximum Gasteiger partial charge on any atom is 0.273 e. The summed E-state index contributed by atoms with van der Waals surface area (Å²) >= 11 is 3.67. The third-order valence-electron chi connectivity index (χ3n) is 15.7. The first-order valence-electron chi connectivity index (χ1n) is 24.6. The highest BCUT2D eigenvalue weighted by Crippen LogP contribution is 2.49. The Balaban J connectivity index is 0.977. The fourth-order valence-electron chi connectivity index (χ4n) is 12.9. The minimum atomic E-state index is -0.169. The second-order valence-electron chi connectivity index (χ2n) is 20.1. The summed E-state index contributed by atoms with van der Waals surface area (Å²) in [5.74, 6) is 7.06. The van der Waals surface area contributed by atoms with Gasteiger partial charge in [0, 0.05) is 86.9 Å². The molecule has 0 aliphatic carbocycles. The van der Waals surface area contributed by atoms with Crippen LogP contribution >= 0.6 is 22.7 Å². The van der Waals surface area contributed by atoms with Crippen LogP contribution in [0.4, 0.5) is 34.1 Å². The summed E-state index contributed by atoms with van der Waals surface area (Å²) in [5, 5.41) is 2.29. The van der Waals surface area contributed by atoms with E-state index in [9.17, 15) is 0 Å². The van der Waals surface area contributed by atoms with Crippen molar-refractivity contribution in [3.63, 3.8) is 0 Å². The van der Waals surface area contributed by atoms with Gasteiger partial charge in [-0.1, -0.05) is 72.8 Å². The molecule has 0 bridgehead atoms. The van der Waals surface area contributed by atoms with Gasteiger partial charge in [0.05, 0.1) is 0 Å². The zero-order valence-corrected chi connectivity index (χ0v) is 40.9. The lowest BCUT2D eigenvalue weighted by Crippen LogP contribution is -2.65. The molecule has 9 aromatic carbocycles. The van der Waals surface area contributed by atoms with E-state index in [0.717, 1.165) is 124 Å². The van der Waals surface area contributed by atoms with Crippen LogP contribution in [-0.2, 0) is 0 Å². The zero-order chi connectivity index (χ0) is 47.2. The third kappa shape index (κ3) is 5.21. The maximum absolute atomic E-state index is 7.19. The highest BCUT2D eigenvalue weighted by molar-refractivity contribution is 7.33. The number of para-hydroxylation sites is 2. The number of nitrogens with zero attached hydrogens (tertiary/aromatic N) is 2. The van der Waals surface area contributed by atoms with Crippen LogP contribution in [0.5, 0.6) is 46.0 Å². The van der Waals surface area contributed by atoms with Gasteiger partial charge in [-0.15, -0.1) is 22.7 Å². The molecule has 6 aliphatic rings. The molecule has 8 heterocycles. The number of ether oxygens (including phenoxy) is 4. The summed E-state index contributed by atoms with van der Waals surface area (Å²) in [7, 11) is 0. The van der Waals surface area contributed by atoms with E-state index in [1.165, 1.54) is 40.9 Å². The number of fused-ring (bicyclic) bond motifs is 16. The van der Waals surface area contributed by atoms with Gasteiger partial charge in [-0.05, 0) is 150 Å². The van der Waals surface area contributed by atoms with Crippen molar-refractivity contribution < 1.29 is 18.9 Å². The Kier molecular flexibility index (Phi) is 7.73. The van der Waals surface area contributed by atoms with Crippen LogP contribution < -0.4 is 76.5 Å². The number of hydrogen-bond acceptors (Lipinski definition) is 8. The van der Waals surface area contributed by atoms with E-state index < -0.39 is 0 Å². The average molecular weight is 959 g/mol. The monoisotopic (exact) mass is 958 g/mol. The molecule has 72 heavy (non-hydrogen) atoms. The first kappa shape index (κ1) is 39.6. The fourth-order valence-corrected chi connectivity index (χ4v) is 15.4. The lowest BCUT2D eigenvalue weighted by atomic mass is 9.30. The Morgan fingerprint density at radius 1 is 0.347 bits per heavy atom. The molecule has 0 saturated heterocycles. The fraction of sp³-hybridized carbons (Fsp3) is 0.0492. The minimum absolute atomic E-state index is 0.0947. The van der Waals surface area contributed by atoms with Gasteiger partial charge >= 0.3 is 0 Å². The molecule has 6 nitrogen and oxygen atoms in total. The van der Waals surface area contributed by atoms with Crippen LogP contribution in [0, 0.1) is 20.8 Å². The lowest BCUT2D eigenvalue weighted by Gasteiger charge is -2.45. The molecular weight excluding hydrogens is 921 g/mol. The van der Waals surface area contributed by atoms with E-state index in [1.54, 1.807) is 0 Å². The van der Waals surface area contributed by atoms with Gasteiger partial charge in [-0.2, -0.15) is 0 Å². The first-order valence-corrected chi connectivity index (χ1v) is 26.3. The number of benzene rings is 9. The Hall–Kier alpha value is -8.11. The van der Waals surface area contributed by atoms with Crippen molar-refractivity contribution in [2.24, 2.45) is 0 Å². The Labute approximate surface area is 424 Å². The molecular formula is C61H37B3N2O4S2. The van der Waals surface area contributed by atoms with E-state index in [1.807, 2.05) is 22.7 Å². The van der Waals surface area contributed by atoms with Crippen LogP contribution in [0.15, 0.2) is 170 Å². The molecule has 0 atom stereocenters. The molecule has 0 N–H and O–H groups in total. The third-order valence-corrected chi connectivity index (χ3v) is 18.2. The first-order chi connectivity index (χ1) is 35.4. The van der Waals surface area contributed by atoms with Crippen molar-refractivity contribution in [2.45, 2.75) is 20.8 Å². The molecule has 11 aromatic rings. The standard InChI is InChI=1S/C61H37B3N2O4S2/c1-32-22-45-55-46(23-32)66(36-16-8-5-9-17-36)44-31-48-42(64-57-50(68-48)25-34(3)27-52(57)70-59-38-19-11-13-21-54(38)72-61(59)64)29-40(44)62(55)39-28-41-47(30-43(39)65(45)35-14-6-4-7-15-35)67-49-24-33(2)26-51-56(49)63(41)60-58(69-51)37-18-10-12-20-53(37)71-60/h4-31H,1-3H3. The largest absolute Gasteiger partial charge is 0.458 e. The maximum atomic E-state index is 7.19. The van der Waals surface area contributed by atoms with E-state index in [2.05, 4.69) is 200 Å². The molecule has 0 saturated carbocycles.